The summed E-state index contributed by atoms with van der Waals surface area (Å²) < 4.78 is 0. The van der Waals surface area contributed by atoms with Crippen molar-refractivity contribution in [3.05, 3.63) is 69.3 Å². The van der Waals surface area contributed by atoms with Crippen LogP contribution in [0.3, 0.4) is 0 Å². The van der Waals surface area contributed by atoms with Gasteiger partial charge in [-0.05, 0) is 36.2 Å². The van der Waals surface area contributed by atoms with Crippen molar-refractivity contribution in [1.82, 2.24) is 15.1 Å². The van der Waals surface area contributed by atoms with Crippen LogP contribution in [-0.2, 0) is 0 Å². The molecule has 2 aromatic carbocycles. The van der Waals surface area contributed by atoms with E-state index in [1.54, 1.807) is 35.2 Å². The molecule has 7 heteroatoms. The highest BCUT2D eigenvalue weighted by atomic mass is 35.5. The van der Waals surface area contributed by atoms with E-state index in [2.05, 4.69) is 10.2 Å². The summed E-state index contributed by atoms with van der Waals surface area (Å²) in [5, 5.41) is 18.4. The predicted octanol–water partition coefficient (Wildman–Crippen LogP) is 5.04. The smallest absolute Gasteiger partial charge is 0.273 e. The summed E-state index contributed by atoms with van der Waals surface area (Å²) in [5.41, 5.74) is 3.17. The van der Waals surface area contributed by atoms with E-state index in [4.69, 9.17) is 23.2 Å². The zero-order valence-corrected chi connectivity index (χ0v) is 16.1. The van der Waals surface area contributed by atoms with Crippen molar-refractivity contribution in [2.24, 2.45) is 0 Å². The van der Waals surface area contributed by atoms with Crippen molar-refractivity contribution in [3.8, 4) is 17.0 Å². The molecule has 0 saturated heterocycles. The zero-order valence-electron chi connectivity index (χ0n) is 14.5. The number of nitrogens with zero attached hydrogens (tertiary/aromatic N) is 2. The lowest BCUT2D eigenvalue weighted by Gasteiger charge is -2.26. The third kappa shape index (κ3) is 2.87. The number of aromatic nitrogens is 2. The monoisotopic (exact) mass is 401 g/mol. The Morgan fingerprint density at radius 1 is 1.19 bits per heavy atom. The average molecular weight is 402 g/mol. The molecule has 4 rings (SSSR count). The van der Waals surface area contributed by atoms with Crippen molar-refractivity contribution in [2.45, 2.75) is 19.4 Å². The number of hydrogen-bond acceptors (Lipinski definition) is 3. The molecule has 0 radical (unpaired) electrons. The molecule has 0 fully saturated rings. The van der Waals surface area contributed by atoms with Crippen molar-refractivity contribution in [3.63, 3.8) is 0 Å². The largest absolute Gasteiger partial charge is 0.507 e. The number of halogens is 2. The van der Waals surface area contributed by atoms with Crippen molar-refractivity contribution >= 4 is 29.1 Å². The van der Waals surface area contributed by atoms with Gasteiger partial charge in [-0.2, -0.15) is 5.10 Å². The topological polar surface area (TPSA) is 69.2 Å². The Kier molecular flexibility index (Phi) is 4.58. The minimum Gasteiger partial charge on any atom is -0.507 e. The van der Waals surface area contributed by atoms with Crippen LogP contribution in [0.5, 0.6) is 5.75 Å². The summed E-state index contributed by atoms with van der Waals surface area (Å²) in [7, 11) is 0. The Balaban J connectivity index is 1.93. The van der Waals surface area contributed by atoms with Crippen LogP contribution in [0.15, 0.2) is 42.5 Å². The van der Waals surface area contributed by atoms with Crippen molar-refractivity contribution < 1.29 is 9.90 Å². The molecule has 0 bridgehead atoms. The maximum Gasteiger partial charge on any atom is 0.273 e. The Morgan fingerprint density at radius 2 is 1.96 bits per heavy atom. The molecule has 0 saturated carbocycles. The van der Waals surface area contributed by atoms with E-state index in [1.807, 2.05) is 19.1 Å². The van der Waals surface area contributed by atoms with Gasteiger partial charge in [-0.1, -0.05) is 48.3 Å². The number of phenols is 1. The third-order valence-corrected chi connectivity index (χ3v) is 5.49. The maximum atomic E-state index is 13.0. The van der Waals surface area contributed by atoms with Gasteiger partial charge in [0.05, 0.1) is 16.1 Å². The predicted molar refractivity (Wildman–Crippen MR) is 105 cm³/mol. The second-order valence-electron chi connectivity index (χ2n) is 6.45. The van der Waals surface area contributed by atoms with Crippen LogP contribution in [0, 0.1) is 0 Å². The SMILES string of the molecule is CCCN1C(=O)c2[nH]nc(-c3ccccc3O)c2[C@H]1c1ccc(Cl)c(Cl)c1. The summed E-state index contributed by atoms with van der Waals surface area (Å²) in [6.07, 6.45) is 0.813. The highest BCUT2D eigenvalue weighted by Crippen LogP contribution is 2.45. The lowest BCUT2D eigenvalue weighted by atomic mass is 9.95. The van der Waals surface area contributed by atoms with Gasteiger partial charge in [0.1, 0.15) is 17.1 Å². The first-order valence-corrected chi connectivity index (χ1v) is 9.41. The molecule has 1 aliphatic heterocycles. The molecule has 1 amide bonds. The standard InChI is InChI=1S/C20H17Cl2N3O2/c1-2-9-25-19(11-7-8-13(21)14(22)10-11)16-17(23-24-18(16)20(25)27)12-5-3-4-6-15(12)26/h3-8,10,19,26H,2,9H2,1H3,(H,23,24)/t19-/m1/s1. The molecule has 1 aliphatic rings. The number of aromatic amines is 1. The molecule has 1 atom stereocenters. The Labute approximate surface area is 166 Å². The number of nitrogens with one attached hydrogen (secondary N) is 1. The first-order valence-electron chi connectivity index (χ1n) is 8.65. The number of phenolic OH excluding ortho intramolecular Hbond substituents is 1. The van der Waals surface area contributed by atoms with Gasteiger partial charge >= 0.3 is 0 Å². The van der Waals surface area contributed by atoms with E-state index >= 15 is 0 Å². The van der Waals surface area contributed by atoms with Crippen molar-refractivity contribution in [1.29, 1.82) is 0 Å². The number of hydrogen-bond donors (Lipinski definition) is 2. The van der Waals surface area contributed by atoms with E-state index < -0.39 is 0 Å². The summed E-state index contributed by atoms with van der Waals surface area (Å²) >= 11 is 12.3. The van der Waals surface area contributed by atoms with Gasteiger partial charge in [0.15, 0.2) is 0 Å². The number of fused-ring (bicyclic) bond motifs is 1. The molecule has 2 N–H and O–H groups in total. The van der Waals surface area contributed by atoms with Crippen LogP contribution < -0.4 is 0 Å². The van der Waals surface area contributed by atoms with Gasteiger partial charge in [0, 0.05) is 17.7 Å². The lowest BCUT2D eigenvalue weighted by molar-refractivity contribution is 0.0744. The minimum atomic E-state index is -0.351. The van der Waals surface area contributed by atoms with Gasteiger partial charge in [-0.25, -0.2) is 0 Å². The second kappa shape index (κ2) is 6.91. The van der Waals surface area contributed by atoms with E-state index in [-0.39, 0.29) is 17.7 Å². The van der Waals surface area contributed by atoms with Crippen LogP contribution in [0.2, 0.25) is 10.0 Å². The average Bonchev–Trinajstić information content (AvgIpc) is 3.18. The van der Waals surface area contributed by atoms with E-state index in [0.29, 0.717) is 33.5 Å². The fraction of sp³-hybridized carbons (Fsp3) is 0.200. The Bertz CT molecular complexity index is 1030. The number of carbonyl (C=O) groups is 1. The fourth-order valence-corrected chi connectivity index (χ4v) is 3.88. The second-order valence-corrected chi connectivity index (χ2v) is 7.27. The molecular weight excluding hydrogens is 385 g/mol. The number of rotatable bonds is 4. The van der Waals surface area contributed by atoms with Crippen LogP contribution in [0.25, 0.3) is 11.3 Å². The maximum absolute atomic E-state index is 13.0. The van der Waals surface area contributed by atoms with Gasteiger partial charge in [0.2, 0.25) is 0 Å². The zero-order chi connectivity index (χ0) is 19.1. The molecule has 0 aliphatic carbocycles. The van der Waals surface area contributed by atoms with Gasteiger partial charge in [0.25, 0.3) is 5.91 Å². The van der Waals surface area contributed by atoms with Crippen LogP contribution in [0.4, 0.5) is 0 Å². The molecule has 1 aromatic heterocycles. The molecule has 27 heavy (non-hydrogen) atoms. The molecule has 5 nitrogen and oxygen atoms in total. The van der Waals surface area contributed by atoms with Crippen LogP contribution >= 0.6 is 23.2 Å². The van der Waals surface area contributed by atoms with Gasteiger partial charge in [-0.3, -0.25) is 9.89 Å². The number of para-hydroxylation sites is 1. The van der Waals surface area contributed by atoms with E-state index in [0.717, 1.165) is 17.5 Å². The summed E-state index contributed by atoms with van der Waals surface area (Å²) in [6.45, 7) is 2.61. The van der Waals surface area contributed by atoms with E-state index in [9.17, 15) is 9.90 Å². The molecule has 138 valence electrons. The Morgan fingerprint density at radius 3 is 2.67 bits per heavy atom. The number of carbonyl (C=O) groups excluding carboxylic acids is 1. The van der Waals surface area contributed by atoms with Crippen LogP contribution in [-0.4, -0.2) is 32.7 Å². The summed E-state index contributed by atoms with van der Waals surface area (Å²) in [4.78, 5) is 14.8. The van der Waals surface area contributed by atoms with Crippen molar-refractivity contribution in [2.75, 3.05) is 6.54 Å². The summed E-state index contributed by atoms with van der Waals surface area (Å²) in [6, 6.07) is 12.0. The lowest BCUT2D eigenvalue weighted by Crippen LogP contribution is -2.30. The molecule has 2 heterocycles. The number of amides is 1. The quantitative estimate of drug-likeness (QED) is 0.642. The summed E-state index contributed by atoms with van der Waals surface area (Å²) in [5.74, 6) is -0.00169. The highest BCUT2D eigenvalue weighted by molar-refractivity contribution is 6.42. The molecule has 0 unspecified atom stereocenters. The third-order valence-electron chi connectivity index (χ3n) is 4.75. The molecule has 3 aromatic rings. The number of benzene rings is 2. The number of H-pyrrole nitrogens is 1. The number of aromatic hydroxyl groups is 1. The normalized spacial score (nSPS) is 16.0. The minimum absolute atomic E-state index is 0.112. The molecular formula is C20H17Cl2N3O2. The van der Waals surface area contributed by atoms with E-state index in [1.165, 1.54) is 0 Å². The fourth-order valence-electron chi connectivity index (χ4n) is 3.58. The highest BCUT2D eigenvalue weighted by Gasteiger charge is 2.42. The van der Waals surface area contributed by atoms with Crippen LogP contribution in [0.1, 0.15) is 41.0 Å². The van der Waals surface area contributed by atoms with Gasteiger partial charge < -0.3 is 10.0 Å². The van der Waals surface area contributed by atoms with Gasteiger partial charge in [-0.15, -0.1) is 0 Å². The first kappa shape index (κ1) is 17.9. The Hall–Kier alpha value is -2.50. The first-order chi connectivity index (χ1) is 13.0. The molecule has 0 spiro atoms.